The highest BCUT2D eigenvalue weighted by atomic mass is 127. The number of para-hydroxylation sites is 1. The highest BCUT2D eigenvalue weighted by Gasteiger charge is 2.14. The van der Waals surface area contributed by atoms with Crippen molar-refractivity contribution in [3.05, 3.63) is 71.0 Å². The molecule has 1 heterocycles. The van der Waals surface area contributed by atoms with Crippen LogP contribution in [0.3, 0.4) is 0 Å². The van der Waals surface area contributed by atoms with Crippen LogP contribution in [0.5, 0.6) is 11.5 Å². The minimum Gasteiger partial charge on any atom is -0.497 e. The van der Waals surface area contributed by atoms with Gasteiger partial charge in [0.05, 0.1) is 18.5 Å². The van der Waals surface area contributed by atoms with E-state index in [-0.39, 0.29) is 36.3 Å². The Morgan fingerprint density at radius 3 is 2.42 bits per heavy atom. The van der Waals surface area contributed by atoms with Crippen LogP contribution in [-0.2, 0) is 13.1 Å². The zero-order chi connectivity index (χ0) is 23.1. The first kappa shape index (κ1) is 26.4. The van der Waals surface area contributed by atoms with Crippen LogP contribution in [0.25, 0.3) is 5.69 Å². The quantitative estimate of drug-likeness (QED) is 0.235. The number of aromatic nitrogens is 2. The number of ether oxygens (including phenoxy) is 2. The molecule has 0 radical (unpaired) electrons. The summed E-state index contributed by atoms with van der Waals surface area (Å²) in [7, 11) is 3.16. The predicted molar refractivity (Wildman–Crippen MR) is 135 cm³/mol. The average Bonchev–Trinajstić information content (AvgIpc) is 3.08. The van der Waals surface area contributed by atoms with Crippen molar-refractivity contribution in [2.45, 2.75) is 33.5 Å². The van der Waals surface area contributed by atoms with Gasteiger partial charge in [-0.05, 0) is 44.2 Å². The number of aliphatic imine (C=N–C) groups is 1. The fourth-order valence-electron chi connectivity index (χ4n) is 3.35. The van der Waals surface area contributed by atoms with Crippen molar-refractivity contribution in [3.63, 3.8) is 0 Å². The van der Waals surface area contributed by atoms with Crippen LogP contribution in [0.15, 0.2) is 53.5 Å². The molecule has 0 saturated heterocycles. The molecule has 1 aromatic heterocycles. The number of guanidine groups is 1. The fraction of sp³-hybridized carbons (Fsp3) is 0.304. The number of nitrogens with zero attached hydrogens (tertiary/aromatic N) is 3. The summed E-state index contributed by atoms with van der Waals surface area (Å²) >= 11 is 0. The molecule has 0 aliphatic carbocycles. The fourth-order valence-corrected chi connectivity index (χ4v) is 3.35. The lowest BCUT2D eigenvalue weighted by Crippen LogP contribution is -2.36. The van der Waals surface area contributed by atoms with Gasteiger partial charge in [0, 0.05) is 37.0 Å². The summed E-state index contributed by atoms with van der Waals surface area (Å²) in [5.74, 6) is 1.15. The number of methoxy groups -OCH3 is 1. The average molecular weight is 571 g/mol. The molecular formula is C23H28F2IN5O2. The van der Waals surface area contributed by atoms with Gasteiger partial charge in [-0.3, -0.25) is 4.99 Å². The predicted octanol–water partition coefficient (Wildman–Crippen LogP) is 4.58. The summed E-state index contributed by atoms with van der Waals surface area (Å²) in [6.45, 7) is 1.79. The van der Waals surface area contributed by atoms with Gasteiger partial charge in [-0.1, -0.05) is 18.2 Å². The highest BCUT2D eigenvalue weighted by molar-refractivity contribution is 14.0. The first-order valence-corrected chi connectivity index (χ1v) is 10.1. The van der Waals surface area contributed by atoms with Crippen LogP contribution < -0.4 is 20.1 Å². The SMILES string of the molecule is CN=C(NCc1cc(OC)ccc1OC(F)F)NCc1c(C)nn(-c2ccccc2)c1C.I. The molecule has 0 aliphatic rings. The van der Waals surface area contributed by atoms with Crippen LogP contribution >= 0.6 is 24.0 Å². The van der Waals surface area contributed by atoms with Crippen molar-refractivity contribution in [2.75, 3.05) is 14.2 Å². The second kappa shape index (κ2) is 12.4. The van der Waals surface area contributed by atoms with Gasteiger partial charge in [-0.2, -0.15) is 13.9 Å². The minimum atomic E-state index is -2.91. The van der Waals surface area contributed by atoms with Crippen molar-refractivity contribution in [2.24, 2.45) is 4.99 Å². The number of halogens is 3. The van der Waals surface area contributed by atoms with Gasteiger partial charge >= 0.3 is 6.61 Å². The molecule has 0 amide bonds. The normalized spacial score (nSPS) is 11.2. The number of benzene rings is 2. The molecule has 3 rings (SSSR count). The molecule has 0 unspecified atom stereocenters. The third-order valence-corrected chi connectivity index (χ3v) is 5.03. The van der Waals surface area contributed by atoms with Gasteiger partial charge in [-0.25, -0.2) is 4.68 Å². The third kappa shape index (κ3) is 6.80. The van der Waals surface area contributed by atoms with Gasteiger partial charge in [-0.15, -0.1) is 24.0 Å². The first-order chi connectivity index (χ1) is 15.4. The summed E-state index contributed by atoms with van der Waals surface area (Å²) in [6, 6.07) is 14.6. The molecule has 3 aromatic rings. The Bertz CT molecular complexity index is 1070. The monoisotopic (exact) mass is 571 g/mol. The van der Waals surface area contributed by atoms with Gasteiger partial charge in [0.15, 0.2) is 5.96 Å². The Morgan fingerprint density at radius 1 is 1.09 bits per heavy atom. The molecule has 178 valence electrons. The maximum Gasteiger partial charge on any atom is 0.387 e. The van der Waals surface area contributed by atoms with Crippen LogP contribution in [0.2, 0.25) is 0 Å². The smallest absolute Gasteiger partial charge is 0.387 e. The molecule has 0 atom stereocenters. The van der Waals surface area contributed by atoms with E-state index in [4.69, 9.17) is 4.74 Å². The molecule has 0 saturated carbocycles. The molecule has 2 aromatic carbocycles. The van der Waals surface area contributed by atoms with Crippen molar-refractivity contribution in [1.82, 2.24) is 20.4 Å². The molecule has 0 fully saturated rings. The molecule has 33 heavy (non-hydrogen) atoms. The molecule has 7 nitrogen and oxygen atoms in total. The van der Waals surface area contributed by atoms with E-state index in [9.17, 15) is 8.78 Å². The number of rotatable bonds is 8. The lowest BCUT2D eigenvalue weighted by atomic mass is 10.2. The Morgan fingerprint density at radius 2 is 1.79 bits per heavy atom. The van der Waals surface area contributed by atoms with Crippen molar-refractivity contribution >= 4 is 29.9 Å². The summed E-state index contributed by atoms with van der Waals surface area (Å²) in [6.07, 6.45) is 0. The highest BCUT2D eigenvalue weighted by Crippen LogP contribution is 2.25. The van der Waals surface area contributed by atoms with E-state index < -0.39 is 6.61 Å². The van der Waals surface area contributed by atoms with Gasteiger partial charge < -0.3 is 20.1 Å². The molecule has 0 spiro atoms. The zero-order valence-electron chi connectivity index (χ0n) is 18.9. The molecule has 2 N–H and O–H groups in total. The minimum absolute atomic E-state index is 0. The maximum absolute atomic E-state index is 12.7. The third-order valence-electron chi connectivity index (χ3n) is 5.03. The summed E-state index contributed by atoms with van der Waals surface area (Å²) in [4.78, 5) is 4.22. The van der Waals surface area contributed by atoms with E-state index in [1.165, 1.54) is 13.2 Å². The number of hydrogen-bond acceptors (Lipinski definition) is 4. The Hall–Kier alpha value is -2.89. The van der Waals surface area contributed by atoms with Crippen molar-refractivity contribution in [3.8, 4) is 17.2 Å². The zero-order valence-corrected chi connectivity index (χ0v) is 21.3. The van der Waals surface area contributed by atoms with Crippen LogP contribution in [0.4, 0.5) is 8.78 Å². The topological polar surface area (TPSA) is 72.7 Å². The largest absolute Gasteiger partial charge is 0.497 e. The Labute approximate surface area is 209 Å². The second-order valence-electron chi connectivity index (χ2n) is 7.03. The van der Waals surface area contributed by atoms with Crippen molar-refractivity contribution in [1.29, 1.82) is 0 Å². The van der Waals surface area contributed by atoms with Crippen LogP contribution in [0, 0.1) is 13.8 Å². The van der Waals surface area contributed by atoms with E-state index >= 15 is 0 Å². The lowest BCUT2D eigenvalue weighted by molar-refractivity contribution is -0.0505. The number of hydrogen-bond donors (Lipinski definition) is 2. The Kier molecular flexibility index (Phi) is 9.89. The lowest BCUT2D eigenvalue weighted by Gasteiger charge is -2.15. The van der Waals surface area contributed by atoms with E-state index in [1.54, 1.807) is 19.2 Å². The van der Waals surface area contributed by atoms with Crippen molar-refractivity contribution < 1.29 is 18.3 Å². The van der Waals surface area contributed by atoms with Gasteiger partial charge in [0.2, 0.25) is 0 Å². The standard InChI is InChI=1S/C23H27F2N5O2.HI/c1-15-20(16(2)30(29-15)18-8-6-5-7-9-18)14-28-23(26-3)27-13-17-12-19(31-4)10-11-21(17)32-22(24)25;/h5-12,22H,13-14H2,1-4H3,(H2,26,27,28);1H. The van der Waals surface area contributed by atoms with E-state index in [2.05, 4.69) is 25.5 Å². The van der Waals surface area contributed by atoms with E-state index in [0.717, 1.165) is 22.6 Å². The van der Waals surface area contributed by atoms with Crippen LogP contribution in [0.1, 0.15) is 22.5 Å². The first-order valence-electron chi connectivity index (χ1n) is 10.1. The summed E-state index contributed by atoms with van der Waals surface area (Å²) in [5.41, 5.74) is 4.51. The molecular weight excluding hydrogens is 543 g/mol. The Balaban J connectivity index is 0.00000385. The van der Waals surface area contributed by atoms with Gasteiger partial charge in [0.25, 0.3) is 0 Å². The van der Waals surface area contributed by atoms with E-state index in [0.29, 0.717) is 23.8 Å². The molecule has 10 heteroatoms. The number of aryl methyl sites for hydroxylation is 1. The van der Waals surface area contributed by atoms with E-state index in [1.807, 2.05) is 48.9 Å². The molecule has 0 bridgehead atoms. The summed E-state index contributed by atoms with van der Waals surface area (Å²) < 4.78 is 37.2. The van der Waals surface area contributed by atoms with Gasteiger partial charge in [0.1, 0.15) is 11.5 Å². The number of alkyl halides is 2. The maximum atomic E-state index is 12.7. The summed E-state index contributed by atoms with van der Waals surface area (Å²) in [5, 5.41) is 11.0. The number of nitrogens with one attached hydrogen (secondary N) is 2. The second-order valence-corrected chi connectivity index (χ2v) is 7.03. The molecule has 0 aliphatic heterocycles. The van der Waals surface area contributed by atoms with Crippen LogP contribution in [-0.4, -0.2) is 36.5 Å².